The summed E-state index contributed by atoms with van der Waals surface area (Å²) >= 11 is 0. The van der Waals surface area contributed by atoms with Crippen LogP contribution in [-0.4, -0.2) is 50.6 Å². The molecule has 0 amide bonds. The summed E-state index contributed by atoms with van der Waals surface area (Å²) < 4.78 is 0. The molecule has 1 aliphatic heterocycles. The summed E-state index contributed by atoms with van der Waals surface area (Å²) in [6.07, 6.45) is 2.66. The van der Waals surface area contributed by atoms with Gasteiger partial charge in [0.2, 0.25) is 0 Å². The Morgan fingerprint density at radius 3 is 2.68 bits per heavy atom. The van der Waals surface area contributed by atoms with E-state index >= 15 is 0 Å². The van der Waals surface area contributed by atoms with E-state index in [0.717, 1.165) is 31.5 Å². The predicted molar refractivity (Wildman–Crippen MR) is 94.5 cm³/mol. The number of likely N-dealkylation sites (tertiary alicyclic amines) is 1. The van der Waals surface area contributed by atoms with Crippen LogP contribution in [0.4, 0.5) is 0 Å². The van der Waals surface area contributed by atoms with Gasteiger partial charge in [0.05, 0.1) is 0 Å². The molecule has 1 heterocycles. The average molecular weight is 382 g/mol. The zero-order chi connectivity index (χ0) is 13.4. The summed E-state index contributed by atoms with van der Waals surface area (Å²) in [5.41, 5.74) is 0. The van der Waals surface area contributed by atoms with Crippen LogP contribution in [0.1, 0.15) is 33.6 Å². The molecule has 0 spiro atoms. The molecule has 114 valence electrons. The van der Waals surface area contributed by atoms with Crippen LogP contribution in [-0.2, 0) is 0 Å². The van der Waals surface area contributed by atoms with Gasteiger partial charge in [0.25, 0.3) is 0 Å². The fraction of sp³-hybridized carbons (Fsp3) is 0.929. The molecule has 1 atom stereocenters. The molecule has 0 aromatic heterocycles. The molecule has 0 aliphatic carbocycles. The Kier molecular flexibility index (Phi) is 10.7. The van der Waals surface area contributed by atoms with Gasteiger partial charge in [-0.15, -0.1) is 24.0 Å². The second-order valence-electron chi connectivity index (χ2n) is 5.76. The summed E-state index contributed by atoms with van der Waals surface area (Å²) in [6.45, 7) is 11.8. The second kappa shape index (κ2) is 10.7. The minimum absolute atomic E-state index is 0. The van der Waals surface area contributed by atoms with Crippen LogP contribution in [0.15, 0.2) is 4.99 Å². The lowest BCUT2D eigenvalue weighted by Gasteiger charge is -2.30. The Balaban J connectivity index is 0.00000324. The molecular weight excluding hydrogens is 351 g/mol. The Bertz CT molecular complexity index is 256. The van der Waals surface area contributed by atoms with Gasteiger partial charge in [-0.25, -0.2) is 0 Å². The maximum Gasteiger partial charge on any atom is 0.191 e. The summed E-state index contributed by atoms with van der Waals surface area (Å²) in [5, 5.41) is 6.79. The van der Waals surface area contributed by atoms with E-state index in [9.17, 15) is 0 Å². The monoisotopic (exact) mass is 382 g/mol. The Labute approximate surface area is 135 Å². The van der Waals surface area contributed by atoms with Crippen LogP contribution in [0, 0.1) is 11.8 Å². The number of aliphatic imine (C=N–C) groups is 1. The number of hydrogen-bond donors (Lipinski definition) is 2. The highest BCUT2D eigenvalue weighted by Crippen LogP contribution is 2.13. The van der Waals surface area contributed by atoms with Crippen molar-refractivity contribution in [2.45, 2.75) is 33.6 Å². The van der Waals surface area contributed by atoms with Gasteiger partial charge in [0.15, 0.2) is 5.96 Å². The van der Waals surface area contributed by atoms with Gasteiger partial charge in [-0.1, -0.05) is 13.8 Å². The zero-order valence-corrected chi connectivity index (χ0v) is 15.2. The molecule has 1 saturated heterocycles. The van der Waals surface area contributed by atoms with Crippen molar-refractivity contribution in [3.8, 4) is 0 Å². The van der Waals surface area contributed by atoms with Crippen molar-refractivity contribution >= 4 is 29.9 Å². The largest absolute Gasteiger partial charge is 0.357 e. The third-order valence-electron chi connectivity index (χ3n) is 3.24. The summed E-state index contributed by atoms with van der Waals surface area (Å²) in [4.78, 5) is 7.02. The minimum Gasteiger partial charge on any atom is -0.357 e. The first-order valence-corrected chi connectivity index (χ1v) is 7.32. The van der Waals surface area contributed by atoms with Gasteiger partial charge < -0.3 is 15.5 Å². The molecular formula is C14H31IN4. The fourth-order valence-corrected chi connectivity index (χ4v) is 2.30. The van der Waals surface area contributed by atoms with Crippen LogP contribution < -0.4 is 10.6 Å². The number of nitrogens with one attached hydrogen (secondary N) is 2. The fourth-order valence-electron chi connectivity index (χ4n) is 2.30. The predicted octanol–water partition coefficient (Wildman–Crippen LogP) is 2.16. The van der Waals surface area contributed by atoms with Crippen LogP contribution >= 0.6 is 24.0 Å². The number of guanidine groups is 1. The van der Waals surface area contributed by atoms with Crippen molar-refractivity contribution < 1.29 is 0 Å². The highest BCUT2D eigenvalue weighted by molar-refractivity contribution is 14.0. The van der Waals surface area contributed by atoms with Crippen molar-refractivity contribution in [1.29, 1.82) is 0 Å². The van der Waals surface area contributed by atoms with Crippen molar-refractivity contribution in [2.24, 2.45) is 16.8 Å². The van der Waals surface area contributed by atoms with Crippen LogP contribution in [0.25, 0.3) is 0 Å². The molecule has 1 rings (SSSR count). The standard InChI is InChI=1S/C14H30N4.HI/c1-5-15-14(16-9-12(2)3)17-10-13-7-6-8-18(4)11-13;/h12-13H,5-11H2,1-4H3,(H2,15,16,17);1H. The van der Waals surface area contributed by atoms with Gasteiger partial charge >= 0.3 is 0 Å². The van der Waals surface area contributed by atoms with E-state index in [1.807, 2.05) is 0 Å². The van der Waals surface area contributed by atoms with E-state index in [1.54, 1.807) is 0 Å². The average Bonchev–Trinajstić information content (AvgIpc) is 2.32. The normalized spacial score (nSPS) is 21.1. The van der Waals surface area contributed by atoms with E-state index in [2.05, 4.69) is 48.3 Å². The Morgan fingerprint density at radius 2 is 2.11 bits per heavy atom. The second-order valence-corrected chi connectivity index (χ2v) is 5.76. The van der Waals surface area contributed by atoms with Gasteiger partial charge in [0.1, 0.15) is 0 Å². The van der Waals surface area contributed by atoms with Crippen molar-refractivity contribution in [3.63, 3.8) is 0 Å². The number of nitrogens with zero attached hydrogens (tertiary/aromatic N) is 2. The quantitative estimate of drug-likeness (QED) is 0.435. The van der Waals surface area contributed by atoms with Crippen molar-refractivity contribution in [3.05, 3.63) is 0 Å². The van der Waals surface area contributed by atoms with Gasteiger partial charge in [-0.2, -0.15) is 0 Å². The highest BCUT2D eigenvalue weighted by atomic mass is 127. The number of rotatable bonds is 5. The SMILES string of the molecule is CCNC(=NCC(C)C)NCC1CCCN(C)C1.I. The van der Waals surface area contributed by atoms with Gasteiger partial charge in [-0.05, 0) is 45.2 Å². The van der Waals surface area contributed by atoms with Crippen LogP contribution in [0.3, 0.4) is 0 Å². The summed E-state index contributed by atoms with van der Waals surface area (Å²) in [6, 6.07) is 0. The molecule has 1 fully saturated rings. The maximum atomic E-state index is 4.60. The molecule has 1 aliphatic rings. The van der Waals surface area contributed by atoms with Crippen molar-refractivity contribution in [2.75, 3.05) is 39.8 Å². The van der Waals surface area contributed by atoms with E-state index < -0.39 is 0 Å². The van der Waals surface area contributed by atoms with Crippen LogP contribution in [0.2, 0.25) is 0 Å². The Hall–Kier alpha value is -0.0400. The number of hydrogen-bond acceptors (Lipinski definition) is 2. The van der Waals surface area contributed by atoms with E-state index in [4.69, 9.17) is 0 Å². The number of halogens is 1. The Morgan fingerprint density at radius 1 is 1.37 bits per heavy atom. The lowest BCUT2D eigenvalue weighted by molar-refractivity contribution is 0.210. The molecule has 0 bridgehead atoms. The molecule has 0 radical (unpaired) electrons. The van der Waals surface area contributed by atoms with Gasteiger partial charge in [-0.3, -0.25) is 4.99 Å². The number of piperidine rings is 1. The lowest BCUT2D eigenvalue weighted by atomic mass is 9.99. The maximum absolute atomic E-state index is 4.60. The lowest BCUT2D eigenvalue weighted by Crippen LogP contribution is -2.43. The van der Waals surface area contributed by atoms with E-state index in [-0.39, 0.29) is 24.0 Å². The molecule has 4 nitrogen and oxygen atoms in total. The molecule has 19 heavy (non-hydrogen) atoms. The molecule has 2 N–H and O–H groups in total. The third-order valence-corrected chi connectivity index (χ3v) is 3.24. The topological polar surface area (TPSA) is 39.7 Å². The molecule has 0 aromatic carbocycles. The molecule has 1 unspecified atom stereocenters. The minimum atomic E-state index is 0. The first-order chi connectivity index (χ1) is 8.61. The molecule has 5 heteroatoms. The van der Waals surface area contributed by atoms with Crippen LogP contribution in [0.5, 0.6) is 0 Å². The first-order valence-electron chi connectivity index (χ1n) is 7.32. The van der Waals surface area contributed by atoms with E-state index in [1.165, 1.54) is 25.9 Å². The van der Waals surface area contributed by atoms with Gasteiger partial charge in [0, 0.05) is 26.2 Å². The highest BCUT2D eigenvalue weighted by Gasteiger charge is 2.17. The summed E-state index contributed by atoms with van der Waals surface area (Å²) in [7, 11) is 2.21. The molecule has 0 saturated carbocycles. The molecule has 0 aromatic rings. The third kappa shape index (κ3) is 8.68. The van der Waals surface area contributed by atoms with Crippen molar-refractivity contribution in [1.82, 2.24) is 15.5 Å². The summed E-state index contributed by atoms with van der Waals surface area (Å²) in [5.74, 6) is 2.34. The zero-order valence-electron chi connectivity index (χ0n) is 12.9. The first kappa shape index (κ1) is 19.0. The smallest absolute Gasteiger partial charge is 0.191 e. The van der Waals surface area contributed by atoms with E-state index in [0.29, 0.717) is 5.92 Å².